The maximum absolute atomic E-state index is 13.0. The van der Waals surface area contributed by atoms with Crippen LogP contribution in [-0.4, -0.2) is 39.2 Å². The van der Waals surface area contributed by atoms with Gasteiger partial charge in [-0.2, -0.15) is 4.98 Å². The molecule has 1 aromatic carbocycles. The van der Waals surface area contributed by atoms with Gasteiger partial charge in [-0.25, -0.2) is 9.48 Å². The highest BCUT2D eigenvalue weighted by molar-refractivity contribution is 7.99. The maximum atomic E-state index is 13.0. The number of hydrogen-bond acceptors (Lipinski definition) is 7. The molecule has 0 spiro atoms. The second-order valence-corrected chi connectivity index (χ2v) is 8.10. The van der Waals surface area contributed by atoms with Gasteiger partial charge in [-0.1, -0.05) is 30.8 Å². The van der Waals surface area contributed by atoms with Crippen molar-refractivity contribution in [2.75, 3.05) is 17.7 Å². The minimum Gasteiger partial charge on any atom is -0.494 e. The smallest absolute Gasteiger partial charge is 0.338 e. The highest BCUT2D eigenvalue weighted by Crippen LogP contribution is 2.37. The number of esters is 1. The maximum Gasteiger partial charge on any atom is 0.338 e. The number of benzene rings is 1. The summed E-state index contributed by atoms with van der Waals surface area (Å²) in [6, 6.07) is 7.30. The minimum atomic E-state index is -0.443. The van der Waals surface area contributed by atoms with E-state index >= 15 is 0 Å². The summed E-state index contributed by atoms with van der Waals surface area (Å²) in [4.78, 5) is 17.6. The molecule has 1 aliphatic heterocycles. The second kappa shape index (κ2) is 9.35. The van der Waals surface area contributed by atoms with Gasteiger partial charge in [-0.3, -0.25) is 0 Å². The number of hydrogen-bond donors (Lipinski definition) is 1. The van der Waals surface area contributed by atoms with Crippen LogP contribution in [0, 0.1) is 0 Å². The summed E-state index contributed by atoms with van der Waals surface area (Å²) in [5.74, 6) is 1.94. The van der Waals surface area contributed by atoms with Crippen molar-refractivity contribution in [1.29, 1.82) is 0 Å². The van der Waals surface area contributed by atoms with Gasteiger partial charge in [-0.15, -0.1) is 5.10 Å². The number of aromatic nitrogens is 3. The van der Waals surface area contributed by atoms with E-state index in [0.717, 1.165) is 29.2 Å². The Morgan fingerprint density at radius 3 is 2.83 bits per heavy atom. The van der Waals surface area contributed by atoms with Gasteiger partial charge in [0.1, 0.15) is 11.8 Å². The molecule has 3 rings (SSSR count). The van der Waals surface area contributed by atoms with Crippen LogP contribution >= 0.6 is 11.8 Å². The van der Waals surface area contributed by atoms with Crippen molar-refractivity contribution in [3.8, 4) is 5.75 Å². The molecule has 29 heavy (non-hydrogen) atoms. The van der Waals surface area contributed by atoms with Gasteiger partial charge < -0.3 is 14.8 Å². The fraction of sp³-hybridized carbons (Fsp3) is 0.476. The van der Waals surface area contributed by atoms with E-state index < -0.39 is 6.04 Å². The van der Waals surface area contributed by atoms with Crippen molar-refractivity contribution in [1.82, 2.24) is 14.8 Å². The number of nitrogens with zero attached hydrogens (tertiary/aromatic N) is 3. The number of allylic oxidation sites excluding steroid dienone is 1. The molecule has 0 bridgehead atoms. The van der Waals surface area contributed by atoms with Crippen LogP contribution in [0.15, 0.2) is 40.7 Å². The molecule has 0 saturated carbocycles. The first-order valence-electron chi connectivity index (χ1n) is 9.95. The van der Waals surface area contributed by atoms with Gasteiger partial charge in [0.15, 0.2) is 0 Å². The number of carbonyl (C=O) groups excluding carboxylic acids is 1. The predicted octanol–water partition coefficient (Wildman–Crippen LogP) is 4.42. The number of ether oxygens (including phenoxy) is 2. The molecule has 1 aliphatic rings. The Hall–Kier alpha value is -2.48. The summed E-state index contributed by atoms with van der Waals surface area (Å²) in [5, 5.41) is 8.60. The quantitative estimate of drug-likeness (QED) is 0.504. The zero-order valence-corrected chi connectivity index (χ0v) is 18.4. The molecule has 156 valence electrons. The Labute approximate surface area is 175 Å². The summed E-state index contributed by atoms with van der Waals surface area (Å²) in [7, 11) is 0. The fourth-order valence-corrected chi connectivity index (χ4v) is 3.86. The number of fused-ring (bicyclic) bond motifs is 1. The lowest BCUT2D eigenvalue weighted by Gasteiger charge is -2.28. The molecule has 1 unspecified atom stereocenters. The Balaban J connectivity index is 2.09. The van der Waals surface area contributed by atoms with Gasteiger partial charge in [0.2, 0.25) is 11.1 Å². The molecule has 0 fully saturated rings. The first-order valence-corrected chi connectivity index (χ1v) is 10.9. The molecule has 1 atom stereocenters. The van der Waals surface area contributed by atoms with Gasteiger partial charge in [0.05, 0.1) is 18.3 Å². The molecular formula is C21H28N4O3S. The van der Waals surface area contributed by atoms with E-state index in [1.165, 1.54) is 0 Å². The molecular weight excluding hydrogens is 388 g/mol. The lowest BCUT2D eigenvalue weighted by atomic mass is 9.95. The molecule has 0 radical (unpaired) electrons. The second-order valence-electron chi connectivity index (χ2n) is 7.04. The Kier molecular flexibility index (Phi) is 6.84. The molecule has 8 heteroatoms. The normalized spacial score (nSPS) is 15.9. The SMILES string of the molecule is CCCSc1nc2n(n1)C(c1cccc(OCC)c1)C(C(=O)OC(C)C)=C(C)N2. The average Bonchev–Trinajstić information content (AvgIpc) is 3.07. The van der Waals surface area contributed by atoms with Crippen molar-refractivity contribution < 1.29 is 14.3 Å². The van der Waals surface area contributed by atoms with E-state index in [1.807, 2.05) is 52.0 Å². The van der Waals surface area contributed by atoms with Crippen LogP contribution < -0.4 is 10.1 Å². The van der Waals surface area contributed by atoms with Crippen LogP contribution in [0.4, 0.5) is 5.95 Å². The highest BCUT2D eigenvalue weighted by atomic mass is 32.2. The molecule has 7 nitrogen and oxygen atoms in total. The zero-order valence-electron chi connectivity index (χ0n) is 17.6. The summed E-state index contributed by atoms with van der Waals surface area (Å²) in [6.45, 7) is 10.2. The minimum absolute atomic E-state index is 0.217. The summed E-state index contributed by atoms with van der Waals surface area (Å²) in [5.41, 5.74) is 2.14. The first-order chi connectivity index (χ1) is 13.9. The molecule has 1 N–H and O–H groups in total. The molecule has 0 amide bonds. The van der Waals surface area contributed by atoms with Crippen molar-refractivity contribution in [2.24, 2.45) is 0 Å². The third-order valence-electron chi connectivity index (χ3n) is 4.32. The van der Waals surface area contributed by atoms with Crippen LogP contribution in [-0.2, 0) is 9.53 Å². The summed E-state index contributed by atoms with van der Waals surface area (Å²) in [6.07, 6.45) is 0.816. The standard InChI is InChI=1S/C21H28N4O3S/c1-6-11-29-21-23-20-22-14(5)17(19(26)28-13(3)4)18(25(20)24-21)15-9-8-10-16(12-15)27-7-2/h8-10,12-13,18H,6-7,11H2,1-5H3,(H,22,23,24). The summed E-state index contributed by atoms with van der Waals surface area (Å²) < 4.78 is 13.0. The number of rotatable bonds is 8. The van der Waals surface area contributed by atoms with Crippen LogP contribution in [0.3, 0.4) is 0 Å². The third kappa shape index (κ3) is 4.75. The lowest BCUT2D eigenvalue weighted by molar-refractivity contribution is -0.143. The highest BCUT2D eigenvalue weighted by Gasteiger charge is 2.35. The Bertz CT molecular complexity index is 907. The first kappa shape index (κ1) is 21.2. The van der Waals surface area contributed by atoms with Gasteiger partial charge in [0, 0.05) is 11.4 Å². The van der Waals surface area contributed by atoms with E-state index in [-0.39, 0.29) is 12.1 Å². The molecule has 2 heterocycles. The predicted molar refractivity (Wildman–Crippen MR) is 114 cm³/mol. The van der Waals surface area contributed by atoms with Crippen LogP contribution in [0.1, 0.15) is 52.6 Å². The van der Waals surface area contributed by atoms with E-state index in [0.29, 0.717) is 23.3 Å². The van der Waals surface area contributed by atoms with Crippen molar-refractivity contribution in [3.05, 3.63) is 41.1 Å². The number of carbonyl (C=O) groups is 1. The van der Waals surface area contributed by atoms with E-state index in [1.54, 1.807) is 16.4 Å². The van der Waals surface area contributed by atoms with E-state index in [2.05, 4.69) is 17.2 Å². The van der Waals surface area contributed by atoms with Gasteiger partial charge >= 0.3 is 5.97 Å². The van der Waals surface area contributed by atoms with Crippen molar-refractivity contribution in [2.45, 2.75) is 58.3 Å². The molecule has 0 saturated heterocycles. The van der Waals surface area contributed by atoms with Gasteiger partial charge in [0.25, 0.3) is 0 Å². The monoisotopic (exact) mass is 416 g/mol. The Morgan fingerprint density at radius 2 is 2.14 bits per heavy atom. The number of thioether (sulfide) groups is 1. The van der Waals surface area contributed by atoms with Gasteiger partial charge in [-0.05, 0) is 51.8 Å². The third-order valence-corrected chi connectivity index (χ3v) is 5.36. The van der Waals surface area contributed by atoms with Crippen molar-refractivity contribution >= 4 is 23.7 Å². The average molecular weight is 417 g/mol. The molecule has 1 aromatic heterocycles. The van der Waals surface area contributed by atoms with Crippen LogP contribution in [0.25, 0.3) is 0 Å². The molecule has 2 aromatic rings. The number of nitrogens with one attached hydrogen (secondary N) is 1. The summed E-state index contributed by atoms with van der Waals surface area (Å²) >= 11 is 1.60. The topological polar surface area (TPSA) is 78.3 Å². The lowest BCUT2D eigenvalue weighted by Crippen LogP contribution is -2.30. The fourth-order valence-electron chi connectivity index (χ4n) is 3.18. The van der Waals surface area contributed by atoms with E-state index in [4.69, 9.17) is 14.6 Å². The van der Waals surface area contributed by atoms with E-state index in [9.17, 15) is 4.79 Å². The van der Waals surface area contributed by atoms with Crippen molar-refractivity contribution in [3.63, 3.8) is 0 Å². The zero-order chi connectivity index (χ0) is 21.0. The Morgan fingerprint density at radius 1 is 1.34 bits per heavy atom. The largest absolute Gasteiger partial charge is 0.494 e. The van der Waals surface area contributed by atoms with Crippen LogP contribution in [0.5, 0.6) is 5.75 Å². The molecule has 0 aliphatic carbocycles. The van der Waals surface area contributed by atoms with Crippen LogP contribution in [0.2, 0.25) is 0 Å². The number of anilines is 1.